The molecular weight excluding hydrogens is 254 g/mol. The molecule has 0 radical (unpaired) electrons. The summed E-state index contributed by atoms with van der Waals surface area (Å²) in [4.78, 5) is 23.5. The number of nitrogens with one attached hydrogen (secondary N) is 2. The van der Waals surface area contributed by atoms with Crippen LogP contribution < -0.4 is 16.4 Å². The summed E-state index contributed by atoms with van der Waals surface area (Å²) in [7, 11) is 0. The van der Waals surface area contributed by atoms with Crippen molar-refractivity contribution in [3.8, 4) is 0 Å². The van der Waals surface area contributed by atoms with Crippen molar-refractivity contribution in [1.29, 1.82) is 0 Å². The molecule has 5 nitrogen and oxygen atoms in total. The summed E-state index contributed by atoms with van der Waals surface area (Å²) in [6, 6.07) is 7.29. The van der Waals surface area contributed by atoms with Crippen LogP contribution in [0.2, 0.25) is 0 Å². The minimum Gasteiger partial charge on any atom is -0.399 e. The van der Waals surface area contributed by atoms with Crippen molar-refractivity contribution in [2.75, 3.05) is 5.73 Å². The number of nitrogens with two attached hydrogens (primary N) is 1. The molecule has 1 unspecified atom stereocenters. The highest BCUT2D eigenvalue weighted by Crippen LogP contribution is 2.18. The van der Waals surface area contributed by atoms with Crippen molar-refractivity contribution in [2.24, 2.45) is 0 Å². The topological polar surface area (TPSA) is 84.2 Å². The molecule has 1 saturated carbocycles. The number of carbonyl (C=O) groups excluding carboxylic acids is 2. The monoisotopic (exact) mass is 275 g/mol. The first-order valence-electron chi connectivity index (χ1n) is 6.99. The fourth-order valence-electron chi connectivity index (χ4n) is 1.88. The van der Waals surface area contributed by atoms with Gasteiger partial charge in [0.05, 0.1) is 0 Å². The third kappa shape index (κ3) is 4.57. The fourth-order valence-corrected chi connectivity index (χ4v) is 1.88. The van der Waals surface area contributed by atoms with E-state index < -0.39 is 6.04 Å². The van der Waals surface area contributed by atoms with Gasteiger partial charge in [0.1, 0.15) is 6.04 Å². The van der Waals surface area contributed by atoms with E-state index in [1.165, 1.54) is 0 Å². The van der Waals surface area contributed by atoms with E-state index in [1.54, 1.807) is 6.92 Å². The summed E-state index contributed by atoms with van der Waals surface area (Å²) < 4.78 is 0. The highest BCUT2D eigenvalue weighted by atomic mass is 16.2. The lowest BCUT2D eigenvalue weighted by atomic mass is 10.1. The van der Waals surface area contributed by atoms with Crippen LogP contribution in [0.3, 0.4) is 0 Å². The molecule has 1 aliphatic carbocycles. The van der Waals surface area contributed by atoms with E-state index in [1.807, 2.05) is 24.3 Å². The molecule has 20 heavy (non-hydrogen) atoms. The molecule has 1 atom stereocenters. The smallest absolute Gasteiger partial charge is 0.242 e. The summed E-state index contributed by atoms with van der Waals surface area (Å²) in [5.74, 6) is -0.214. The molecule has 0 saturated heterocycles. The van der Waals surface area contributed by atoms with Gasteiger partial charge in [0.15, 0.2) is 0 Å². The molecule has 0 spiro atoms. The largest absolute Gasteiger partial charge is 0.399 e. The Labute approximate surface area is 118 Å². The van der Waals surface area contributed by atoms with Crippen molar-refractivity contribution in [2.45, 2.75) is 44.7 Å². The maximum Gasteiger partial charge on any atom is 0.242 e. The van der Waals surface area contributed by atoms with Gasteiger partial charge in [0, 0.05) is 18.2 Å². The molecule has 1 fully saturated rings. The molecule has 4 N–H and O–H groups in total. The zero-order valence-corrected chi connectivity index (χ0v) is 11.7. The van der Waals surface area contributed by atoms with Crippen LogP contribution in [0.15, 0.2) is 24.3 Å². The van der Waals surface area contributed by atoms with Gasteiger partial charge in [-0.15, -0.1) is 0 Å². The van der Waals surface area contributed by atoms with E-state index >= 15 is 0 Å². The van der Waals surface area contributed by atoms with Gasteiger partial charge in [-0.05, 0) is 43.9 Å². The minimum absolute atomic E-state index is 0.103. The molecular formula is C15H21N3O2. The number of nitrogen functional groups attached to an aromatic ring is 1. The molecule has 0 aliphatic heterocycles. The van der Waals surface area contributed by atoms with E-state index in [0.29, 0.717) is 24.6 Å². The van der Waals surface area contributed by atoms with E-state index in [-0.39, 0.29) is 11.8 Å². The second-order valence-corrected chi connectivity index (χ2v) is 5.31. The third-order valence-electron chi connectivity index (χ3n) is 3.31. The first-order chi connectivity index (χ1) is 9.54. The van der Waals surface area contributed by atoms with E-state index in [2.05, 4.69) is 10.6 Å². The number of aryl methyl sites for hydroxylation is 1. The molecule has 1 aromatic carbocycles. The van der Waals surface area contributed by atoms with E-state index in [0.717, 1.165) is 18.4 Å². The molecule has 108 valence electrons. The van der Waals surface area contributed by atoms with Crippen LogP contribution >= 0.6 is 0 Å². The summed E-state index contributed by atoms with van der Waals surface area (Å²) in [6.45, 7) is 1.71. The predicted molar refractivity (Wildman–Crippen MR) is 77.9 cm³/mol. The number of carbonyl (C=O) groups is 2. The summed E-state index contributed by atoms with van der Waals surface area (Å²) >= 11 is 0. The maximum atomic E-state index is 11.8. The summed E-state index contributed by atoms with van der Waals surface area (Å²) in [6.07, 6.45) is 3.10. The lowest BCUT2D eigenvalue weighted by Gasteiger charge is -2.13. The van der Waals surface area contributed by atoms with Crippen LogP contribution in [0.1, 0.15) is 31.7 Å². The molecule has 0 bridgehead atoms. The fraction of sp³-hybridized carbons (Fsp3) is 0.467. The number of rotatable bonds is 6. The standard InChI is InChI=1S/C15H21N3O2/c1-10(15(20)18-13-7-8-13)17-14(19)9-4-11-2-5-12(16)6-3-11/h2-3,5-6,10,13H,4,7-9,16H2,1H3,(H,17,19)(H,18,20). The number of hydrogen-bond acceptors (Lipinski definition) is 3. The van der Waals surface area contributed by atoms with Crippen molar-refractivity contribution >= 4 is 17.5 Å². The van der Waals surface area contributed by atoms with Gasteiger partial charge >= 0.3 is 0 Å². The Balaban J connectivity index is 1.71. The quantitative estimate of drug-likeness (QED) is 0.677. The zero-order chi connectivity index (χ0) is 14.5. The van der Waals surface area contributed by atoms with Crippen LogP contribution in [0, 0.1) is 0 Å². The average Bonchev–Trinajstić information content (AvgIpc) is 3.22. The Morgan fingerprint density at radius 1 is 1.30 bits per heavy atom. The zero-order valence-electron chi connectivity index (χ0n) is 11.7. The molecule has 2 rings (SSSR count). The molecule has 0 heterocycles. The molecule has 5 heteroatoms. The summed E-state index contributed by atoms with van der Waals surface area (Å²) in [5.41, 5.74) is 7.37. The molecule has 0 aromatic heterocycles. The van der Waals surface area contributed by atoms with Crippen LogP contribution in [0.5, 0.6) is 0 Å². The Morgan fingerprint density at radius 3 is 2.55 bits per heavy atom. The van der Waals surface area contributed by atoms with Gasteiger partial charge in [-0.1, -0.05) is 12.1 Å². The van der Waals surface area contributed by atoms with Crippen molar-refractivity contribution in [3.63, 3.8) is 0 Å². The lowest BCUT2D eigenvalue weighted by Crippen LogP contribution is -2.45. The highest BCUT2D eigenvalue weighted by molar-refractivity contribution is 5.87. The predicted octanol–water partition coefficient (Wildman–Crippen LogP) is 0.985. The number of benzene rings is 1. The Bertz CT molecular complexity index is 480. The Morgan fingerprint density at radius 2 is 1.95 bits per heavy atom. The lowest BCUT2D eigenvalue weighted by molar-refractivity contribution is -0.128. The van der Waals surface area contributed by atoms with Crippen LogP contribution in [0.4, 0.5) is 5.69 Å². The van der Waals surface area contributed by atoms with Crippen LogP contribution in [0.25, 0.3) is 0 Å². The van der Waals surface area contributed by atoms with Gasteiger partial charge in [0.25, 0.3) is 0 Å². The second-order valence-electron chi connectivity index (χ2n) is 5.31. The first kappa shape index (κ1) is 14.4. The average molecular weight is 275 g/mol. The highest BCUT2D eigenvalue weighted by Gasteiger charge is 2.26. The maximum absolute atomic E-state index is 11.8. The SMILES string of the molecule is CC(NC(=O)CCc1ccc(N)cc1)C(=O)NC1CC1. The van der Waals surface area contributed by atoms with Gasteiger partial charge < -0.3 is 16.4 Å². The Hall–Kier alpha value is -2.04. The van der Waals surface area contributed by atoms with E-state index in [9.17, 15) is 9.59 Å². The van der Waals surface area contributed by atoms with Gasteiger partial charge in [-0.25, -0.2) is 0 Å². The number of hydrogen-bond donors (Lipinski definition) is 3. The van der Waals surface area contributed by atoms with Crippen molar-refractivity contribution in [3.05, 3.63) is 29.8 Å². The van der Waals surface area contributed by atoms with Gasteiger partial charge in [-0.2, -0.15) is 0 Å². The minimum atomic E-state index is -0.477. The Kier molecular flexibility index (Phi) is 4.61. The number of amides is 2. The van der Waals surface area contributed by atoms with Crippen molar-refractivity contribution in [1.82, 2.24) is 10.6 Å². The first-order valence-corrected chi connectivity index (χ1v) is 6.99. The molecule has 1 aliphatic rings. The van der Waals surface area contributed by atoms with Crippen molar-refractivity contribution < 1.29 is 9.59 Å². The molecule has 1 aromatic rings. The number of anilines is 1. The van der Waals surface area contributed by atoms with Crippen LogP contribution in [-0.2, 0) is 16.0 Å². The summed E-state index contributed by atoms with van der Waals surface area (Å²) in [5, 5.41) is 5.59. The second kappa shape index (κ2) is 6.41. The van der Waals surface area contributed by atoms with Gasteiger partial charge in [0.2, 0.25) is 11.8 Å². The van der Waals surface area contributed by atoms with E-state index in [4.69, 9.17) is 5.73 Å². The van der Waals surface area contributed by atoms with Crippen LogP contribution in [-0.4, -0.2) is 23.9 Å². The van der Waals surface area contributed by atoms with Gasteiger partial charge in [-0.3, -0.25) is 9.59 Å². The normalized spacial score (nSPS) is 15.4. The third-order valence-corrected chi connectivity index (χ3v) is 3.31. The molecule has 2 amide bonds.